The third-order valence-corrected chi connectivity index (χ3v) is 4.79. The van der Waals surface area contributed by atoms with Crippen molar-refractivity contribution in [3.05, 3.63) is 71.4 Å². The minimum absolute atomic E-state index is 0.209. The number of aryl methyl sites for hydroxylation is 1. The second-order valence-corrected chi connectivity index (χ2v) is 6.80. The molecular weight excluding hydrogens is 360 g/mol. The van der Waals surface area contributed by atoms with Crippen molar-refractivity contribution in [1.29, 1.82) is 0 Å². The largest absolute Gasteiger partial charge is 0.383 e. The molecule has 0 radical (unpaired) electrons. The fourth-order valence-corrected chi connectivity index (χ4v) is 3.17. The summed E-state index contributed by atoms with van der Waals surface area (Å²) in [6.45, 7) is 5.28. The maximum atomic E-state index is 14.3. The summed E-state index contributed by atoms with van der Waals surface area (Å²) in [5, 5.41) is 8.11. The average molecular weight is 385 g/mol. The van der Waals surface area contributed by atoms with E-state index in [1.54, 1.807) is 13.3 Å². The predicted molar refractivity (Wildman–Crippen MR) is 106 cm³/mol. The van der Waals surface area contributed by atoms with Gasteiger partial charge in [-0.15, -0.1) is 0 Å². The number of nitrogens with one attached hydrogen (secondary N) is 1. The Labute approximate surface area is 164 Å². The van der Waals surface area contributed by atoms with Gasteiger partial charge >= 0.3 is 0 Å². The lowest BCUT2D eigenvalue weighted by Crippen LogP contribution is -2.32. The lowest BCUT2D eigenvalue weighted by molar-refractivity contribution is 0.164. The van der Waals surface area contributed by atoms with E-state index < -0.39 is 11.6 Å². The van der Waals surface area contributed by atoms with Crippen molar-refractivity contribution in [1.82, 2.24) is 15.1 Å². The first-order valence-electron chi connectivity index (χ1n) is 9.35. The van der Waals surface area contributed by atoms with Crippen LogP contribution in [0.1, 0.15) is 24.5 Å². The minimum atomic E-state index is -0.649. The van der Waals surface area contributed by atoms with Gasteiger partial charge in [-0.3, -0.25) is 0 Å². The summed E-state index contributed by atoms with van der Waals surface area (Å²) in [4.78, 5) is 0. The lowest BCUT2D eigenvalue weighted by Gasteiger charge is -2.16. The maximum absolute atomic E-state index is 14.3. The van der Waals surface area contributed by atoms with E-state index in [-0.39, 0.29) is 11.7 Å². The highest BCUT2D eigenvalue weighted by molar-refractivity contribution is 5.66. The fourth-order valence-electron chi connectivity index (χ4n) is 3.17. The second-order valence-electron chi connectivity index (χ2n) is 6.80. The summed E-state index contributed by atoms with van der Waals surface area (Å²) in [6, 6.07) is 11.7. The molecule has 28 heavy (non-hydrogen) atoms. The van der Waals surface area contributed by atoms with E-state index in [1.807, 2.05) is 31.2 Å². The molecule has 0 aliphatic heterocycles. The van der Waals surface area contributed by atoms with Crippen molar-refractivity contribution < 1.29 is 13.5 Å². The number of aromatic nitrogens is 2. The van der Waals surface area contributed by atoms with Gasteiger partial charge in [0.2, 0.25) is 0 Å². The number of benzene rings is 2. The summed E-state index contributed by atoms with van der Waals surface area (Å²) in [6.07, 6.45) is 2.72. The molecule has 4 nitrogen and oxygen atoms in total. The molecule has 0 fully saturated rings. The summed E-state index contributed by atoms with van der Waals surface area (Å²) in [7, 11) is 1.68. The van der Waals surface area contributed by atoms with Crippen molar-refractivity contribution in [3.8, 4) is 16.9 Å². The molecule has 3 rings (SSSR count). The number of halogens is 2. The second kappa shape index (κ2) is 9.08. The molecule has 2 aromatic carbocycles. The minimum Gasteiger partial charge on any atom is -0.383 e. The average Bonchev–Trinajstić information content (AvgIpc) is 3.09. The fraction of sp³-hybridized carbons (Fsp3) is 0.318. The summed E-state index contributed by atoms with van der Waals surface area (Å²) < 4.78 is 34.3. The van der Waals surface area contributed by atoms with Crippen LogP contribution in [-0.2, 0) is 11.3 Å². The van der Waals surface area contributed by atoms with Gasteiger partial charge in [0, 0.05) is 43.1 Å². The standard InChI is InChI=1S/C22H25F2N3O/c1-4-18(14-28-3)25-12-16-13-27(21-10-9-17(23)11-20(21)24)26-22(16)19-8-6-5-7-15(19)2/h5-11,13,18,25H,4,12,14H2,1-3H3/t18-/m1/s1. The zero-order valence-electron chi connectivity index (χ0n) is 16.4. The van der Waals surface area contributed by atoms with E-state index in [2.05, 4.69) is 17.3 Å². The van der Waals surface area contributed by atoms with Crippen LogP contribution in [0.4, 0.5) is 8.78 Å². The van der Waals surface area contributed by atoms with Gasteiger partial charge in [0.15, 0.2) is 5.82 Å². The molecule has 1 aromatic heterocycles. The Bertz CT molecular complexity index is 939. The monoisotopic (exact) mass is 385 g/mol. The summed E-state index contributed by atoms with van der Waals surface area (Å²) >= 11 is 0. The number of ether oxygens (including phenoxy) is 1. The van der Waals surface area contributed by atoms with Gasteiger partial charge in [0.1, 0.15) is 11.5 Å². The van der Waals surface area contributed by atoms with E-state index in [9.17, 15) is 8.78 Å². The van der Waals surface area contributed by atoms with Crippen molar-refractivity contribution in [3.63, 3.8) is 0 Å². The Hall–Kier alpha value is -2.57. The van der Waals surface area contributed by atoms with Crippen LogP contribution >= 0.6 is 0 Å². The van der Waals surface area contributed by atoms with Crippen LogP contribution in [0.5, 0.6) is 0 Å². The van der Waals surface area contributed by atoms with Gasteiger partial charge in [-0.2, -0.15) is 5.10 Å². The van der Waals surface area contributed by atoms with Crippen LogP contribution in [-0.4, -0.2) is 29.5 Å². The Morgan fingerprint density at radius 1 is 1.18 bits per heavy atom. The van der Waals surface area contributed by atoms with Crippen LogP contribution in [0.2, 0.25) is 0 Å². The third kappa shape index (κ3) is 4.46. The molecule has 0 unspecified atom stereocenters. The van der Waals surface area contributed by atoms with Crippen LogP contribution in [0.25, 0.3) is 16.9 Å². The highest BCUT2D eigenvalue weighted by atomic mass is 19.1. The number of hydrogen-bond donors (Lipinski definition) is 1. The molecule has 0 aliphatic rings. The van der Waals surface area contributed by atoms with E-state index >= 15 is 0 Å². The molecule has 1 atom stereocenters. The molecule has 0 saturated heterocycles. The zero-order valence-corrected chi connectivity index (χ0v) is 16.4. The van der Waals surface area contributed by atoms with Crippen LogP contribution in [0, 0.1) is 18.6 Å². The summed E-state index contributed by atoms with van der Waals surface area (Å²) in [5.41, 5.74) is 4.00. The number of hydrogen-bond acceptors (Lipinski definition) is 3. The van der Waals surface area contributed by atoms with E-state index in [0.29, 0.717) is 13.2 Å². The van der Waals surface area contributed by atoms with Gasteiger partial charge in [0.05, 0.1) is 12.3 Å². The Balaban J connectivity index is 2.01. The van der Waals surface area contributed by atoms with Gasteiger partial charge in [0.25, 0.3) is 0 Å². The Morgan fingerprint density at radius 2 is 1.96 bits per heavy atom. The molecule has 0 spiro atoms. The highest BCUT2D eigenvalue weighted by Gasteiger charge is 2.17. The molecule has 3 aromatic rings. The van der Waals surface area contributed by atoms with Crippen molar-refractivity contribution in [2.45, 2.75) is 32.9 Å². The molecule has 148 valence electrons. The van der Waals surface area contributed by atoms with E-state index in [4.69, 9.17) is 4.74 Å². The first-order valence-corrected chi connectivity index (χ1v) is 9.35. The predicted octanol–water partition coefficient (Wildman–Crippen LogP) is 4.64. The third-order valence-electron chi connectivity index (χ3n) is 4.79. The quantitative estimate of drug-likeness (QED) is 0.614. The van der Waals surface area contributed by atoms with E-state index in [1.165, 1.54) is 16.8 Å². The molecule has 6 heteroatoms. The topological polar surface area (TPSA) is 39.1 Å². The number of methoxy groups -OCH3 is 1. The van der Waals surface area contributed by atoms with Crippen molar-refractivity contribution in [2.75, 3.05) is 13.7 Å². The van der Waals surface area contributed by atoms with Crippen molar-refractivity contribution in [2.24, 2.45) is 0 Å². The molecule has 1 N–H and O–H groups in total. The first-order chi connectivity index (χ1) is 13.5. The highest BCUT2D eigenvalue weighted by Crippen LogP contribution is 2.27. The van der Waals surface area contributed by atoms with Crippen LogP contribution < -0.4 is 5.32 Å². The lowest BCUT2D eigenvalue weighted by atomic mass is 10.0. The maximum Gasteiger partial charge on any atom is 0.151 e. The number of rotatable bonds is 8. The molecule has 0 amide bonds. The molecule has 0 saturated carbocycles. The Morgan fingerprint density at radius 3 is 2.64 bits per heavy atom. The molecule has 1 heterocycles. The molecule has 0 aliphatic carbocycles. The SMILES string of the molecule is CC[C@H](COC)NCc1cn(-c2ccc(F)cc2F)nc1-c1ccccc1C. The Kier molecular flexibility index (Phi) is 6.54. The normalized spacial score (nSPS) is 12.3. The van der Waals surface area contributed by atoms with E-state index in [0.717, 1.165) is 34.9 Å². The van der Waals surface area contributed by atoms with Crippen LogP contribution in [0.3, 0.4) is 0 Å². The molecule has 0 bridgehead atoms. The van der Waals surface area contributed by atoms with Gasteiger partial charge in [-0.05, 0) is 31.0 Å². The summed E-state index contributed by atoms with van der Waals surface area (Å²) in [5.74, 6) is -1.26. The zero-order chi connectivity index (χ0) is 20.1. The molecular formula is C22H25F2N3O. The number of nitrogens with zero attached hydrogens (tertiary/aromatic N) is 2. The first kappa shape index (κ1) is 20.2. The van der Waals surface area contributed by atoms with Gasteiger partial charge in [-0.25, -0.2) is 13.5 Å². The van der Waals surface area contributed by atoms with Crippen molar-refractivity contribution >= 4 is 0 Å². The van der Waals surface area contributed by atoms with Gasteiger partial charge < -0.3 is 10.1 Å². The van der Waals surface area contributed by atoms with Gasteiger partial charge in [-0.1, -0.05) is 31.2 Å². The van der Waals surface area contributed by atoms with Crippen LogP contribution in [0.15, 0.2) is 48.7 Å². The smallest absolute Gasteiger partial charge is 0.151 e.